The predicted molar refractivity (Wildman–Crippen MR) is 47.5 cm³/mol. The molecule has 0 aromatic rings. The van der Waals surface area contributed by atoms with E-state index in [1.165, 1.54) is 12.8 Å². The van der Waals surface area contributed by atoms with E-state index in [4.69, 9.17) is 4.74 Å². The fourth-order valence-electron chi connectivity index (χ4n) is 1.97. The molecule has 0 aromatic heterocycles. The maximum Gasteiger partial charge on any atom is 0.0553 e. The molecule has 0 amide bonds. The SMILES string of the molecule is C=CCC1C[C@@H](C)O[C@@H](C)C1. The largest absolute Gasteiger partial charge is 0.376 e. The number of hydrogen-bond donors (Lipinski definition) is 0. The predicted octanol–water partition coefficient (Wildman–Crippen LogP) is 2.77. The van der Waals surface area contributed by atoms with Crippen molar-refractivity contribution in [3.8, 4) is 0 Å². The van der Waals surface area contributed by atoms with Gasteiger partial charge < -0.3 is 4.74 Å². The van der Waals surface area contributed by atoms with E-state index in [0.717, 1.165) is 12.3 Å². The van der Waals surface area contributed by atoms with Crippen LogP contribution in [0, 0.1) is 5.92 Å². The fourth-order valence-corrected chi connectivity index (χ4v) is 1.97. The second kappa shape index (κ2) is 3.91. The molecule has 0 aromatic carbocycles. The third-order valence-corrected chi connectivity index (χ3v) is 2.30. The van der Waals surface area contributed by atoms with Crippen LogP contribution in [0.5, 0.6) is 0 Å². The van der Waals surface area contributed by atoms with Gasteiger partial charge in [-0.05, 0) is 39.0 Å². The van der Waals surface area contributed by atoms with Gasteiger partial charge in [0.2, 0.25) is 0 Å². The fraction of sp³-hybridized carbons (Fsp3) is 0.800. The summed E-state index contributed by atoms with van der Waals surface area (Å²) in [5.41, 5.74) is 0. The molecule has 1 heterocycles. The molecule has 1 aliphatic rings. The van der Waals surface area contributed by atoms with Crippen molar-refractivity contribution in [3.63, 3.8) is 0 Å². The normalized spacial score (nSPS) is 38.5. The van der Waals surface area contributed by atoms with Crippen molar-refractivity contribution in [1.29, 1.82) is 0 Å². The van der Waals surface area contributed by atoms with Gasteiger partial charge in [0.15, 0.2) is 0 Å². The molecule has 64 valence electrons. The molecule has 1 saturated heterocycles. The first-order valence-corrected chi connectivity index (χ1v) is 4.48. The Morgan fingerprint density at radius 2 is 1.91 bits per heavy atom. The Bertz CT molecular complexity index is 121. The van der Waals surface area contributed by atoms with Crippen molar-refractivity contribution >= 4 is 0 Å². The zero-order valence-corrected chi connectivity index (χ0v) is 7.55. The van der Waals surface area contributed by atoms with Crippen LogP contribution in [-0.2, 0) is 4.74 Å². The standard InChI is InChI=1S/C10H18O/c1-4-5-10-6-8(2)11-9(3)7-10/h4,8-10H,1,5-7H2,2-3H3/t8-,9+,10?. The average Bonchev–Trinajstić information content (AvgIpc) is 1.85. The van der Waals surface area contributed by atoms with Crippen LogP contribution in [-0.4, -0.2) is 12.2 Å². The zero-order valence-electron chi connectivity index (χ0n) is 7.55. The van der Waals surface area contributed by atoms with Crippen molar-refractivity contribution in [2.45, 2.75) is 45.3 Å². The molecular weight excluding hydrogens is 136 g/mol. The highest BCUT2D eigenvalue weighted by atomic mass is 16.5. The topological polar surface area (TPSA) is 9.23 Å². The maximum atomic E-state index is 5.63. The van der Waals surface area contributed by atoms with Gasteiger partial charge in [-0.25, -0.2) is 0 Å². The Hall–Kier alpha value is -0.300. The van der Waals surface area contributed by atoms with Crippen molar-refractivity contribution in [3.05, 3.63) is 12.7 Å². The lowest BCUT2D eigenvalue weighted by atomic mass is 9.90. The van der Waals surface area contributed by atoms with Crippen LogP contribution in [0.2, 0.25) is 0 Å². The lowest BCUT2D eigenvalue weighted by Crippen LogP contribution is -2.28. The van der Waals surface area contributed by atoms with Gasteiger partial charge in [-0.15, -0.1) is 6.58 Å². The second-order valence-corrected chi connectivity index (χ2v) is 3.62. The molecule has 0 aliphatic carbocycles. The minimum atomic E-state index is 0.448. The van der Waals surface area contributed by atoms with Crippen LogP contribution in [0.4, 0.5) is 0 Å². The number of ether oxygens (including phenoxy) is 1. The van der Waals surface area contributed by atoms with Gasteiger partial charge in [0.1, 0.15) is 0 Å². The lowest BCUT2D eigenvalue weighted by molar-refractivity contribution is -0.0513. The summed E-state index contributed by atoms with van der Waals surface area (Å²) in [6, 6.07) is 0. The highest BCUT2D eigenvalue weighted by Gasteiger charge is 2.22. The quantitative estimate of drug-likeness (QED) is 0.556. The van der Waals surface area contributed by atoms with Gasteiger partial charge in [0, 0.05) is 0 Å². The van der Waals surface area contributed by atoms with Crippen LogP contribution in [0.3, 0.4) is 0 Å². The van der Waals surface area contributed by atoms with Gasteiger partial charge in [-0.2, -0.15) is 0 Å². The van der Waals surface area contributed by atoms with Crippen LogP contribution >= 0.6 is 0 Å². The van der Waals surface area contributed by atoms with E-state index in [1.807, 2.05) is 6.08 Å². The van der Waals surface area contributed by atoms with Crippen LogP contribution in [0.25, 0.3) is 0 Å². The summed E-state index contributed by atoms with van der Waals surface area (Å²) in [6.07, 6.45) is 6.48. The van der Waals surface area contributed by atoms with Crippen molar-refractivity contribution in [2.24, 2.45) is 5.92 Å². The first-order valence-electron chi connectivity index (χ1n) is 4.48. The Morgan fingerprint density at radius 1 is 1.36 bits per heavy atom. The molecule has 1 heteroatoms. The van der Waals surface area contributed by atoms with Crippen molar-refractivity contribution < 1.29 is 4.74 Å². The molecule has 1 fully saturated rings. The molecule has 1 nitrogen and oxygen atoms in total. The Kier molecular flexibility index (Phi) is 3.13. The first kappa shape index (κ1) is 8.79. The molecule has 0 bridgehead atoms. The van der Waals surface area contributed by atoms with Crippen LogP contribution in [0.1, 0.15) is 33.1 Å². The summed E-state index contributed by atoms with van der Waals surface area (Å²) in [7, 11) is 0. The van der Waals surface area contributed by atoms with E-state index in [1.54, 1.807) is 0 Å². The minimum absolute atomic E-state index is 0.448. The van der Waals surface area contributed by atoms with Crippen LogP contribution < -0.4 is 0 Å². The maximum absolute atomic E-state index is 5.63. The van der Waals surface area contributed by atoms with Gasteiger partial charge in [-0.3, -0.25) is 0 Å². The van der Waals surface area contributed by atoms with Crippen LogP contribution in [0.15, 0.2) is 12.7 Å². The van der Waals surface area contributed by atoms with Gasteiger partial charge >= 0.3 is 0 Å². The van der Waals surface area contributed by atoms with E-state index in [2.05, 4.69) is 20.4 Å². The highest BCUT2D eigenvalue weighted by molar-refractivity contribution is 4.79. The van der Waals surface area contributed by atoms with Crippen molar-refractivity contribution in [2.75, 3.05) is 0 Å². The second-order valence-electron chi connectivity index (χ2n) is 3.62. The summed E-state index contributed by atoms with van der Waals surface area (Å²) in [4.78, 5) is 0. The molecule has 0 saturated carbocycles. The van der Waals surface area contributed by atoms with E-state index in [0.29, 0.717) is 12.2 Å². The van der Waals surface area contributed by atoms with E-state index < -0.39 is 0 Å². The summed E-state index contributed by atoms with van der Waals surface area (Å²) in [5.74, 6) is 0.811. The highest BCUT2D eigenvalue weighted by Crippen LogP contribution is 2.26. The summed E-state index contributed by atoms with van der Waals surface area (Å²) in [6.45, 7) is 8.08. The monoisotopic (exact) mass is 154 g/mol. The zero-order chi connectivity index (χ0) is 8.27. The van der Waals surface area contributed by atoms with E-state index in [9.17, 15) is 0 Å². The summed E-state index contributed by atoms with van der Waals surface area (Å²) >= 11 is 0. The third kappa shape index (κ3) is 2.66. The lowest BCUT2D eigenvalue weighted by Gasteiger charge is -2.31. The molecule has 1 unspecified atom stereocenters. The Labute approximate surface area is 69.4 Å². The molecule has 1 rings (SSSR count). The number of hydrogen-bond acceptors (Lipinski definition) is 1. The van der Waals surface area contributed by atoms with E-state index >= 15 is 0 Å². The summed E-state index contributed by atoms with van der Waals surface area (Å²) < 4.78 is 5.63. The Balaban J connectivity index is 2.36. The molecular formula is C10H18O. The number of rotatable bonds is 2. The van der Waals surface area contributed by atoms with Gasteiger partial charge in [0.25, 0.3) is 0 Å². The van der Waals surface area contributed by atoms with Gasteiger partial charge in [-0.1, -0.05) is 6.08 Å². The van der Waals surface area contributed by atoms with Gasteiger partial charge in [0.05, 0.1) is 12.2 Å². The average molecular weight is 154 g/mol. The molecule has 0 radical (unpaired) electrons. The minimum Gasteiger partial charge on any atom is -0.376 e. The Morgan fingerprint density at radius 3 is 2.36 bits per heavy atom. The summed E-state index contributed by atoms with van der Waals surface area (Å²) in [5, 5.41) is 0. The molecule has 11 heavy (non-hydrogen) atoms. The molecule has 1 aliphatic heterocycles. The number of allylic oxidation sites excluding steroid dienone is 1. The van der Waals surface area contributed by atoms with Crippen molar-refractivity contribution in [1.82, 2.24) is 0 Å². The van der Waals surface area contributed by atoms with E-state index in [-0.39, 0.29) is 0 Å². The molecule has 0 N–H and O–H groups in total. The third-order valence-electron chi connectivity index (χ3n) is 2.30. The molecule has 3 atom stereocenters. The first-order chi connectivity index (χ1) is 5.22. The smallest absolute Gasteiger partial charge is 0.0553 e. The molecule has 0 spiro atoms.